The van der Waals surface area contributed by atoms with Crippen molar-refractivity contribution in [3.63, 3.8) is 0 Å². The normalized spacial score (nSPS) is 16.8. The molecule has 1 aromatic rings. The second-order valence-electron chi connectivity index (χ2n) is 5.13. The first-order chi connectivity index (χ1) is 8.61. The highest BCUT2D eigenvalue weighted by Crippen LogP contribution is 2.35. The van der Waals surface area contributed by atoms with Crippen LogP contribution in [0.1, 0.15) is 43.4 Å². The summed E-state index contributed by atoms with van der Waals surface area (Å²) in [5, 5.41) is 9.05. The topological polar surface area (TPSA) is 40.5 Å². The maximum absolute atomic E-state index is 11.0. The third kappa shape index (κ3) is 3.10. The summed E-state index contributed by atoms with van der Waals surface area (Å²) in [6, 6.07) is 9.15. The Labute approximate surface area is 108 Å². The summed E-state index contributed by atoms with van der Waals surface area (Å²) in [6.07, 6.45) is 3.22. The molecule has 0 radical (unpaired) electrons. The molecule has 0 spiro atoms. The molecule has 2 rings (SSSR count). The minimum absolute atomic E-state index is 0.150. The monoisotopic (exact) mass is 247 g/mol. The lowest BCUT2D eigenvalue weighted by Crippen LogP contribution is -2.35. The fourth-order valence-corrected chi connectivity index (χ4v) is 2.51. The zero-order chi connectivity index (χ0) is 13.1. The summed E-state index contributed by atoms with van der Waals surface area (Å²) >= 11 is 0. The van der Waals surface area contributed by atoms with Crippen molar-refractivity contribution < 1.29 is 9.90 Å². The van der Waals surface area contributed by atoms with Gasteiger partial charge in [0.25, 0.3) is 0 Å². The van der Waals surface area contributed by atoms with Gasteiger partial charge in [-0.2, -0.15) is 0 Å². The molecule has 1 N–H and O–H groups in total. The number of rotatable bonds is 6. The van der Waals surface area contributed by atoms with Crippen LogP contribution in [0.15, 0.2) is 24.3 Å². The number of carboxylic acid groups (broad SMARTS) is 1. The molecule has 3 heteroatoms. The fraction of sp³-hybridized carbons (Fsp3) is 0.533. The Morgan fingerprint density at radius 2 is 2.00 bits per heavy atom. The molecule has 3 nitrogen and oxygen atoms in total. The van der Waals surface area contributed by atoms with E-state index < -0.39 is 5.97 Å². The number of hydrogen-bond donors (Lipinski definition) is 1. The number of aliphatic carboxylic acids is 1. The Kier molecular flexibility index (Phi) is 4.02. The van der Waals surface area contributed by atoms with Gasteiger partial charge in [-0.05, 0) is 31.7 Å². The van der Waals surface area contributed by atoms with Crippen molar-refractivity contribution >= 4 is 5.97 Å². The molecule has 0 heterocycles. The summed E-state index contributed by atoms with van der Waals surface area (Å²) in [4.78, 5) is 13.2. The van der Waals surface area contributed by atoms with Gasteiger partial charge < -0.3 is 5.11 Å². The lowest BCUT2D eigenvalue weighted by Gasteiger charge is -2.30. The van der Waals surface area contributed by atoms with Gasteiger partial charge in [-0.15, -0.1) is 0 Å². The van der Waals surface area contributed by atoms with Crippen molar-refractivity contribution in [3.8, 4) is 0 Å². The Morgan fingerprint density at radius 1 is 1.39 bits per heavy atom. The van der Waals surface area contributed by atoms with E-state index in [9.17, 15) is 4.79 Å². The van der Waals surface area contributed by atoms with Crippen LogP contribution in [0.25, 0.3) is 0 Å². The number of aryl methyl sites for hydroxylation is 1. The van der Waals surface area contributed by atoms with Crippen molar-refractivity contribution in [1.82, 2.24) is 4.90 Å². The summed E-state index contributed by atoms with van der Waals surface area (Å²) in [7, 11) is 0. The molecule has 1 unspecified atom stereocenters. The van der Waals surface area contributed by atoms with Gasteiger partial charge in [0.15, 0.2) is 0 Å². The van der Waals surface area contributed by atoms with Crippen LogP contribution < -0.4 is 0 Å². The quantitative estimate of drug-likeness (QED) is 0.840. The van der Waals surface area contributed by atoms with Crippen LogP contribution in [-0.2, 0) is 4.79 Å². The molecule has 0 saturated heterocycles. The molecule has 1 aromatic carbocycles. The lowest BCUT2D eigenvalue weighted by atomic mass is 10.0. The predicted octanol–water partition coefficient (Wildman–Crippen LogP) is 3.00. The zero-order valence-electron chi connectivity index (χ0n) is 11.1. The van der Waals surface area contributed by atoms with Gasteiger partial charge in [-0.1, -0.05) is 36.8 Å². The molecule has 1 fully saturated rings. The maximum atomic E-state index is 11.0. The van der Waals surface area contributed by atoms with E-state index in [1.54, 1.807) is 0 Å². The summed E-state index contributed by atoms with van der Waals surface area (Å²) in [5.41, 5.74) is 2.47. The molecule has 98 valence electrons. The van der Waals surface area contributed by atoms with E-state index in [-0.39, 0.29) is 12.6 Å². The second-order valence-corrected chi connectivity index (χ2v) is 5.13. The van der Waals surface area contributed by atoms with Crippen LogP contribution in [0.3, 0.4) is 0 Å². The van der Waals surface area contributed by atoms with Gasteiger partial charge in [0.1, 0.15) is 0 Å². The number of carboxylic acids is 1. The summed E-state index contributed by atoms with van der Waals surface area (Å²) in [6.45, 7) is 4.35. The largest absolute Gasteiger partial charge is 0.480 e. The Hall–Kier alpha value is -1.35. The number of hydrogen-bond acceptors (Lipinski definition) is 2. The molecule has 1 saturated carbocycles. The van der Waals surface area contributed by atoms with Crippen LogP contribution in [0, 0.1) is 6.92 Å². The minimum Gasteiger partial charge on any atom is -0.480 e. The fourth-order valence-electron chi connectivity index (χ4n) is 2.51. The number of carbonyl (C=O) groups is 1. The first kappa shape index (κ1) is 13.1. The Morgan fingerprint density at radius 3 is 2.44 bits per heavy atom. The molecule has 0 aliphatic heterocycles. The molecular formula is C15H21NO2. The van der Waals surface area contributed by atoms with Crippen molar-refractivity contribution in [2.24, 2.45) is 0 Å². The zero-order valence-corrected chi connectivity index (χ0v) is 11.1. The van der Waals surface area contributed by atoms with E-state index in [0.717, 1.165) is 19.3 Å². The van der Waals surface area contributed by atoms with Crippen molar-refractivity contribution in [3.05, 3.63) is 35.4 Å². The first-order valence-corrected chi connectivity index (χ1v) is 6.66. The standard InChI is InChI=1S/C15H21NO2/c1-3-14(12-6-4-11(2)5-7-12)16(10-15(17)18)13-8-9-13/h4-7,13-14H,3,8-10H2,1-2H3,(H,17,18). The van der Waals surface area contributed by atoms with E-state index >= 15 is 0 Å². The smallest absolute Gasteiger partial charge is 0.317 e. The Bertz CT molecular complexity index is 409. The minimum atomic E-state index is -0.729. The van der Waals surface area contributed by atoms with Crippen molar-refractivity contribution in [2.75, 3.05) is 6.54 Å². The third-order valence-electron chi connectivity index (χ3n) is 3.58. The third-order valence-corrected chi connectivity index (χ3v) is 3.58. The van der Waals surface area contributed by atoms with E-state index in [4.69, 9.17) is 5.11 Å². The molecule has 1 atom stereocenters. The SMILES string of the molecule is CCC(c1ccc(C)cc1)N(CC(=O)O)C1CC1. The van der Waals surface area contributed by atoms with Crippen molar-refractivity contribution in [2.45, 2.75) is 45.2 Å². The summed E-state index contributed by atoms with van der Waals surface area (Å²) in [5.74, 6) is -0.729. The van der Waals surface area contributed by atoms with Crippen LogP contribution >= 0.6 is 0 Å². The molecule has 1 aliphatic rings. The first-order valence-electron chi connectivity index (χ1n) is 6.66. The van der Waals surface area contributed by atoms with Crippen LogP contribution in [0.2, 0.25) is 0 Å². The Balaban J connectivity index is 2.18. The van der Waals surface area contributed by atoms with Crippen molar-refractivity contribution in [1.29, 1.82) is 0 Å². The molecule has 0 amide bonds. The number of benzene rings is 1. The van der Waals surface area contributed by atoms with Crippen LogP contribution in [0.4, 0.5) is 0 Å². The second kappa shape index (κ2) is 5.53. The highest BCUT2D eigenvalue weighted by Gasteiger charge is 2.34. The van der Waals surface area contributed by atoms with Gasteiger partial charge >= 0.3 is 5.97 Å². The van der Waals surface area contributed by atoms with Crippen LogP contribution in [0.5, 0.6) is 0 Å². The average molecular weight is 247 g/mol. The van der Waals surface area contributed by atoms with E-state index in [1.165, 1.54) is 11.1 Å². The van der Waals surface area contributed by atoms with E-state index in [1.807, 2.05) is 0 Å². The van der Waals surface area contributed by atoms with E-state index in [0.29, 0.717) is 6.04 Å². The predicted molar refractivity (Wildman–Crippen MR) is 71.6 cm³/mol. The van der Waals surface area contributed by atoms with Gasteiger partial charge in [0, 0.05) is 12.1 Å². The van der Waals surface area contributed by atoms with Gasteiger partial charge in [0.05, 0.1) is 6.54 Å². The van der Waals surface area contributed by atoms with Gasteiger partial charge in [0.2, 0.25) is 0 Å². The lowest BCUT2D eigenvalue weighted by molar-refractivity contribution is -0.139. The molecule has 0 bridgehead atoms. The van der Waals surface area contributed by atoms with Crippen LogP contribution in [-0.4, -0.2) is 28.6 Å². The summed E-state index contributed by atoms with van der Waals surface area (Å²) < 4.78 is 0. The van der Waals surface area contributed by atoms with Gasteiger partial charge in [-0.25, -0.2) is 0 Å². The molecule has 0 aromatic heterocycles. The van der Waals surface area contributed by atoms with E-state index in [2.05, 4.69) is 43.0 Å². The highest BCUT2D eigenvalue weighted by atomic mass is 16.4. The maximum Gasteiger partial charge on any atom is 0.317 e. The highest BCUT2D eigenvalue weighted by molar-refractivity contribution is 5.69. The molecule has 1 aliphatic carbocycles. The molecule has 18 heavy (non-hydrogen) atoms. The van der Waals surface area contributed by atoms with Gasteiger partial charge in [-0.3, -0.25) is 9.69 Å². The molecular weight excluding hydrogens is 226 g/mol. The average Bonchev–Trinajstić information content (AvgIpc) is 3.14. The number of nitrogens with zero attached hydrogens (tertiary/aromatic N) is 1.